The molecule has 16 heavy (non-hydrogen) atoms. The number of rotatable bonds is 5. The summed E-state index contributed by atoms with van der Waals surface area (Å²) in [6.07, 6.45) is -2.73. The molecular formula is C10H16F3NO2. The Morgan fingerprint density at radius 1 is 1.38 bits per heavy atom. The molecule has 0 aromatic carbocycles. The molecule has 0 aromatic heterocycles. The van der Waals surface area contributed by atoms with Crippen molar-refractivity contribution >= 4 is 5.97 Å². The molecule has 1 aliphatic rings. The van der Waals surface area contributed by atoms with Crippen molar-refractivity contribution in [2.24, 2.45) is 11.8 Å². The van der Waals surface area contributed by atoms with Crippen molar-refractivity contribution in [1.82, 2.24) is 5.32 Å². The summed E-state index contributed by atoms with van der Waals surface area (Å²) in [5.41, 5.74) is 0. The van der Waals surface area contributed by atoms with Gasteiger partial charge in [0.2, 0.25) is 0 Å². The molecular weight excluding hydrogens is 223 g/mol. The maximum absolute atomic E-state index is 11.8. The molecule has 94 valence electrons. The SMILES string of the molecule is O=C(O)C1CCCC1CNCCC(F)(F)F. The number of carboxylic acids is 1. The van der Waals surface area contributed by atoms with Crippen LogP contribution in [0.5, 0.6) is 0 Å². The maximum Gasteiger partial charge on any atom is 0.390 e. The number of carbonyl (C=O) groups is 1. The van der Waals surface area contributed by atoms with Gasteiger partial charge in [0, 0.05) is 6.54 Å². The molecule has 0 spiro atoms. The Morgan fingerprint density at radius 2 is 2.06 bits per heavy atom. The smallest absolute Gasteiger partial charge is 0.390 e. The van der Waals surface area contributed by atoms with Gasteiger partial charge in [-0.1, -0.05) is 6.42 Å². The number of nitrogens with one attached hydrogen (secondary N) is 1. The highest BCUT2D eigenvalue weighted by molar-refractivity contribution is 5.70. The predicted octanol–water partition coefficient (Wildman–Crippen LogP) is 2.03. The van der Waals surface area contributed by atoms with Crippen LogP contribution in [0.1, 0.15) is 25.7 Å². The Bertz CT molecular complexity index is 243. The van der Waals surface area contributed by atoms with Gasteiger partial charge in [-0.15, -0.1) is 0 Å². The zero-order valence-electron chi connectivity index (χ0n) is 8.89. The van der Waals surface area contributed by atoms with Crippen LogP contribution in [0.25, 0.3) is 0 Å². The Balaban J connectivity index is 2.20. The van der Waals surface area contributed by atoms with Crippen LogP contribution in [0, 0.1) is 11.8 Å². The van der Waals surface area contributed by atoms with Gasteiger partial charge in [0.1, 0.15) is 0 Å². The second-order valence-electron chi connectivity index (χ2n) is 4.21. The van der Waals surface area contributed by atoms with Crippen molar-refractivity contribution in [2.75, 3.05) is 13.1 Å². The van der Waals surface area contributed by atoms with Crippen LogP contribution in [-0.2, 0) is 4.79 Å². The van der Waals surface area contributed by atoms with E-state index < -0.39 is 24.5 Å². The molecule has 1 fully saturated rings. The third-order valence-electron chi connectivity index (χ3n) is 2.97. The zero-order chi connectivity index (χ0) is 12.2. The fraction of sp³-hybridized carbons (Fsp3) is 0.900. The van der Waals surface area contributed by atoms with Crippen molar-refractivity contribution in [3.05, 3.63) is 0 Å². The number of aliphatic carboxylic acids is 1. The zero-order valence-corrected chi connectivity index (χ0v) is 8.89. The van der Waals surface area contributed by atoms with Crippen LogP contribution in [-0.4, -0.2) is 30.3 Å². The predicted molar refractivity (Wildman–Crippen MR) is 52.0 cm³/mol. The lowest BCUT2D eigenvalue weighted by molar-refractivity contribution is -0.143. The standard InChI is InChI=1S/C10H16F3NO2/c11-10(12,13)4-5-14-6-7-2-1-3-8(7)9(15)16/h7-8,14H,1-6H2,(H,15,16). The summed E-state index contributed by atoms with van der Waals surface area (Å²) < 4.78 is 35.5. The van der Waals surface area contributed by atoms with E-state index in [1.54, 1.807) is 0 Å². The van der Waals surface area contributed by atoms with E-state index in [0.29, 0.717) is 13.0 Å². The van der Waals surface area contributed by atoms with Gasteiger partial charge in [-0.05, 0) is 25.3 Å². The lowest BCUT2D eigenvalue weighted by Crippen LogP contribution is -2.31. The second kappa shape index (κ2) is 5.52. The molecule has 1 aliphatic carbocycles. The second-order valence-corrected chi connectivity index (χ2v) is 4.21. The van der Waals surface area contributed by atoms with Gasteiger partial charge in [0.15, 0.2) is 0 Å². The summed E-state index contributed by atoms with van der Waals surface area (Å²) >= 11 is 0. The first-order valence-electron chi connectivity index (χ1n) is 5.40. The Labute approximate surface area is 92.0 Å². The molecule has 2 atom stereocenters. The van der Waals surface area contributed by atoms with Crippen molar-refractivity contribution in [1.29, 1.82) is 0 Å². The van der Waals surface area contributed by atoms with E-state index in [1.807, 2.05) is 0 Å². The molecule has 1 saturated carbocycles. The highest BCUT2D eigenvalue weighted by Crippen LogP contribution is 2.31. The summed E-state index contributed by atoms with van der Waals surface area (Å²) in [5, 5.41) is 11.5. The first-order chi connectivity index (χ1) is 7.40. The number of alkyl halides is 3. The van der Waals surface area contributed by atoms with Crippen molar-refractivity contribution in [3.63, 3.8) is 0 Å². The number of hydrogen-bond acceptors (Lipinski definition) is 2. The van der Waals surface area contributed by atoms with Gasteiger partial charge < -0.3 is 10.4 Å². The fourth-order valence-electron chi connectivity index (χ4n) is 2.12. The van der Waals surface area contributed by atoms with Crippen LogP contribution in [0.2, 0.25) is 0 Å². The van der Waals surface area contributed by atoms with Crippen LogP contribution < -0.4 is 5.32 Å². The molecule has 0 bridgehead atoms. The van der Waals surface area contributed by atoms with Gasteiger partial charge in [-0.2, -0.15) is 13.2 Å². The quantitative estimate of drug-likeness (QED) is 0.722. The molecule has 0 heterocycles. The third-order valence-corrected chi connectivity index (χ3v) is 2.97. The van der Waals surface area contributed by atoms with Gasteiger partial charge >= 0.3 is 12.1 Å². The van der Waals surface area contributed by atoms with Gasteiger partial charge in [-0.25, -0.2) is 0 Å². The minimum Gasteiger partial charge on any atom is -0.481 e. The Morgan fingerprint density at radius 3 is 2.62 bits per heavy atom. The van der Waals surface area contributed by atoms with Crippen molar-refractivity contribution in [2.45, 2.75) is 31.9 Å². The van der Waals surface area contributed by atoms with E-state index in [4.69, 9.17) is 5.11 Å². The molecule has 0 amide bonds. The largest absolute Gasteiger partial charge is 0.481 e. The topological polar surface area (TPSA) is 49.3 Å². The Hall–Kier alpha value is -0.780. The molecule has 3 nitrogen and oxygen atoms in total. The fourth-order valence-corrected chi connectivity index (χ4v) is 2.12. The van der Waals surface area contributed by atoms with E-state index >= 15 is 0 Å². The van der Waals surface area contributed by atoms with Crippen molar-refractivity contribution in [3.8, 4) is 0 Å². The highest BCUT2D eigenvalue weighted by atomic mass is 19.4. The average molecular weight is 239 g/mol. The Kier molecular flexibility index (Phi) is 4.58. The minimum absolute atomic E-state index is 0.0225. The van der Waals surface area contributed by atoms with E-state index in [2.05, 4.69) is 5.32 Å². The lowest BCUT2D eigenvalue weighted by atomic mass is 9.96. The van der Waals surface area contributed by atoms with Crippen molar-refractivity contribution < 1.29 is 23.1 Å². The van der Waals surface area contributed by atoms with E-state index in [0.717, 1.165) is 12.8 Å². The normalized spacial score (nSPS) is 25.9. The summed E-state index contributed by atoms with van der Waals surface area (Å²) in [4.78, 5) is 10.8. The number of halogens is 3. The monoisotopic (exact) mass is 239 g/mol. The van der Waals surface area contributed by atoms with Crippen LogP contribution in [0.15, 0.2) is 0 Å². The minimum atomic E-state index is -4.14. The first kappa shape index (κ1) is 13.3. The molecule has 0 aliphatic heterocycles. The summed E-state index contributed by atoms with van der Waals surface area (Å²) in [5.74, 6) is -1.25. The molecule has 0 radical (unpaired) electrons. The van der Waals surface area contributed by atoms with Crippen LogP contribution >= 0.6 is 0 Å². The molecule has 2 unspecified atom stereocenters. The summed E-state index contributed by atoms with van der Waals surface area (Å²) in [7, 11) is 0. The van der Waals surface area contributed by atoms with E-state index in [1.165, 1.54) is 0 Å². The van der Waals surface area contributed by atoms with Crippen LogP contribution in [0.4, 0.5) is 13.2 Å². The summed E-state index contributed by atoms with van der Waals surface area (Å²) in [6, 6.07) is 0. The number of carboxylic acid groups (broad SMARTS) is 1. The van der Waals surface area contributed by atoms with Gasteiger partial charge in [0.25, 0.3) is 0 Å². The molecule has 6 heteroatoms. The maximum atomic E-state index is 11.8. The van der Waals surface area contributed by atoms with E-state index in [9.17, 15) is 18.0 Å². The van der Waals surface area contributed by atoms with Gasteiger partial charge in [0.05, 0.1) is 12.3 Å². The molecule has 1 rings (SSSR count). The molecule has 0 saturated heterocycles. The summed E-state index contributed by atoms with van der Waals surface area (Å²) in [6.45, 7) is 0.236. The third kappa shape index (κ3) is 4.38. The highest BCUT2D eigenvalue weighted by Gasteiger charge is 2.32. The van der Waals surface area contributed by atoms with Crippen LogP contribution in [0.3, 0.4) is 0 Å². The average Bonchev–Trinajstić information content (AvgIpc) is 2.58. The van der Waals surface area contributed by atoms with Gasteiger partial charge in [-0.3, -0.25) is 4.79 Å². The lowest BCUT2D eigenvalue weighted by Gasteiger charge is -2.16. The number of hydrogen-bond donors (Lipinski definition) is 2. The molecule has 0 aromatic rings. The first-order valence-corrected chi connectivity index (χ1v) is 5.40. The molecule has 2 N–H and O–H groups in total. The van der Waals surface area contributed by atoms with E-state index in [-0.39, 0.29) is 12.5 Å².